The highest BCUT2D eigenvalue weighted by atomic mass is 32.2. The number of benzene rings is 2. The van der Waals surface area contributed by atoms with E-state index in [1.54, 1.807) is 0 Å². The minimum atomic E-state index is 0.840. The molecule has 0 saturated carbocycles. The maximum atomic E-state index is 5.65. The molecular weight excluding hydrogens is 226 g/mol. The number of hydrogen-bond donors (Lipinski definition) is 1. The SMILES string of the molecule is Nc1ccc(CCCSc2ccccc2)cc1. The van der Waals surface area contributed by atoms with E-state index < -0.39 is 0 Å². The Labute approximate surface area is 107 Å². The lowest BCUT2D eigenvalue weighted by Crippen LogP contribution is -1.89. The third-order valence-electron chi connectivity index (χ3n) is 2.60. The topological polar surface area (TPSA) is 26.0 Å². The molecule has 1 nitrogen and oxygen atoms in total. The lowest BCUT2D eigenvalue weighted by atomic mass is 10.1. The van der Waals surface area contributed by atoms with Crippen LogP contribution in [0.3, 0.4) is 0 Å². The first-order chi connectivity index (χ1) is 8.34. The van der Waals surface area contributed by atoms with Crippen LogP contribution >= 0.6 is 11.8 Å². The summed E-state index contributed by atoms with van der Waals surface area (Å²) in [4.78, 5) is 1.35. The molecule has 2 rings (SSSR count). The molecule has 0 atom stereocenters. The summed E-state index contributed by atoms with van der Waals surface area (Å²) in [6.07, 6.45) is 2.32. The Balaban J connectivity index is 1.71. The number of aryl methyl sites for hydroxylation is 1. The summed E-state index contributed by atoms with van der Waals surface area (Å²) in [5.74, 6) is 1.16. The number of nitrogens with two attached hydrogens (primary N) is 1. The quantitative estimate of drug-likeness (QED) is 0.488. The van der Waals surface area contributed by atoms with Crippen LogP contribution < -0.4 is 5.73 Å². The fraction of sp³-hybridized carbons (Fsp3) is 0.200. The maximum Gasteiger partial charge on any atom is 0.0314 e. The van der Waals surface area contributed by atoms with Crippen LogP contribution in [0.1, 0.15) is 12.0 Å². The minimum Gasteiger partial charge on any atom is -0.399 e. The van der Waals surface area contributed by atoms with E-state index in [9.17, 15) is 0 Å². The summed E-state index contributed by atoms with van der Waals surface area (Å²) in [7, 11) is 0. The van der Waals surface area contributed by atoms with Crippen molar-refractivity contribution < 1.29 is 0 Å². The lowest BCUT2D eigenvalue weighted by Gasteiger charge is -2.02. The van der Waals surface area contributed by atoms with Gasteiger partial charge in [-0.3, -0.25) is 0 Å². The Morgan fingerprint density at radius 1 is 0.882 bits per heavy atom. The van der Waals surface area contributed by atoms with Gasteiger partial charge >= 0.3 is 0 Å². The first kappa shape index (κ1) is 12.1. The molecule has 0 fully saturated rings. The van der Waals surface area contributed by atoms with Gasteiger partial charge in [-0.05, 0) is 48.4 Å². The molecule has 0 spiro atoms. The normalized spacial score (nSPS) is 10.4. The average Bonchev–Trinajstić information content (AvgIpc) is 2.38. The molecule has 0 aliphatic rings. The van der Waals surface area contributed by atoms with Crippen LogP contribution in [0.2, 0.25) is 0 Å². The molecule has 2 aromatic rings. The molecule has 0 aliphatic heterocycles. The van der Waals surface area contributed by atoms with Crippen molar-refractivity contribution in [1.29, 1.82) is 0 Å². The van der Waals surface area contributed by atoms with Gasteiger partial charge in [0.2, 0.25) is 0 Å². The number of thioether (sulfide) groups is 1. The van der Waals surface area contributed by atoms with Crippen LogP contribution in [0, 0.1) is 0 Å². The molecule has 0 radical (unpaired) electrons. The van der Waals surface area contributed by atoms with E-state index in [4.69, 9.17) is 5.73 Å². The van der Waals surface area contributed by atoms with Crippen molar-refractivity contribution in [3.05, 3.63) is 60.2 Å². The van der Waals surface area contributed by atoms with Gasteiger partial charge in [-0.2, -0.15) is 0 Å². The van der Waals surface area contributed by atoms with Gasteiger partial charge in [0.05, 0.1) is 0 Å². The Morgan fingerprint density at radius 3 is 2.29 bits per heavy atom. The Hall–Kier alpha value is -1.41. The van der Waals surface area contributed by atoms with Gasteiger partial charge in [-0.1, -0.05) is 30.3 Å². The summed E-state index contributed by atoms with van der Waals surface area (Å²) < 4.78 is 0. The van der Waals surface area contributed by atoms with E-state index in [1.165, 1.54) is 16.9 Å². The van der Waals surface area contributed by atoms with Gasteiger partial charge in [0.1, 0.15) is 0 Å². The number of anilines is 1. The minimum absolute atomic E-state index is 0.840. The Bertz CT molecular complexity index is 436. The van der Waals surface area contributed by atoms with Gasteiger partial charge in [0.15, 0.2) is 0 Å². The zero-order valence-corrected chi connectivity index (χ0v) is 10.6. The smallest absolute Gasteiger partial charge is 0.0314 e. The highest BCUT2D eigenvalue weighted by Crippen LogP contribution is 2.18. The zero-order valence-electron chi connectivity index (χ0n) is 9.80. The highest BCUT2D eigenvalue weighted by molar-refractivity contribution is 7.99. The van der Waals surface area contributed by atoms with E-state index in [2.05, 4.69) is 42.5 Å². The predicted octanol–water partition coefficient (Wildman–Crippen LogP) is 3.99. The highest BCUT2D eigenvalue weighted by Gasteiger charge is 1.95. The Kier molecular flexibility index (Phi) is 4.51. The molecule has 88 valence electrons. The third-order valence-corrected chi connectivity index (χ3v) is 3.70. The van der Waals surface area contributed by atoms with Gasteiger partial charge in [0.25, 0.3) is 0 Å². The first-order valence-corrected chi connectivity index (χ1v) is 6.85. The second-order valence-corrected chi connectivity index (χ2v) is 5.17. The van der Waals surface area contributed by atoms with Crippen molar-refractivity contribution in [3.8, 4) is 0 Å². The molecule has 2 aromatic carbocycles. The predicted molar refractivity (Wildman–Crippen MR) is 76.3 cm³/mol. The average molecular weight is 243 g/mol. The van der Waals surface area contributed by atoms with E-state index in [-0.39, 0.29) is 0 Å². The van der Waals surface area contributed by atoms with Crippen LogP contribution in [-0.2, 0) is 6.42 Å². The van der Waals surface area contributed by atoms with Gasteiger partial charge < -0.3 is 5.73 Å². The van der Waals surface area contributed by atoms with Crippen molar-refractivity contribution in [3.63, 3.8) is 0 Å². The molecule has 0 unspecified atom stereocenters. The molecule has 0 aromatic heterocycles. The van der Waals surface area contributed by atoms with Crippen LogP contribution in [-0.4, -0.2) is 5.75 Å². The fourth-order valence-electron chi connectivity index (χ4n) is 1.67. The monoisotopic (exact) mass is 243 g/mol. The van der Waals surface area contributed by atoms with E-state index in [0.717, 1.165) is 17.9 Å². The van der Waals surface area contributed by atoms with Crippen molar-refractivity contribution >= 4 is 17.4 Å². The molecule has 0 saturated heterocycles. The third kappa shape index (κ3) is 4.16. The summed E-state index contributed by atoms with van der Waals surface area (Å²) in [5.41, 5.74) is 7.86. The molecule has 2 heteroatoms. The van der Waals surface area contributed by atoms with Crippen molar-refractivity contribution in [2.24, 2.45) is 0 Å². The molecule has 0 bridgehead atoms. The van der Waals surface area contributed by atoms with Crippen LogP contribution in [0.25, 0.3) is 0 Å². The molecule has 0 amide bonds. The van der Waals surface area contributed by atoms with Crippen LogP contribution in [0.4, 0.5) is 5.69 Å². The fourth-order valence-corrected chi connectivity index (χ4v) is 2.54. The van der Waals surface area contributed by atoms with E-state index in [1.807, 2.05) is 23.9 Å². The summed E-state index contributed by atoms with van der Waals surface area (Å²) in [5, 5.41) is 0. The number of nitrogen functional groups attached to an aromatic ring is 1. The summed E-state index contributed by atoms with van der Waals surface area (Å²) >= 11 is 1.92. The summed E-state index contributed by atoms with van der Waals surface area (Å²) in [6.45, 7) is 0. The van der Waals surface area contributed by atoms with Gasteiger partial charge in [-0.25, -0.2) is 0 Å². The largest absolute Gasteiger partial charge is 0.399 e. The Morgan fingerprint density at radius 2 is 1.59 bits per heavy atom. The van der Waals surface area contributed by atoms with E-state index >= 15 is 0 Å². The standard InChI is InChI=1S/C15H17NS/c16-14-10-8-13(9-11-14)5-4-12-17-15-6-2-1-3-7-15/h1-3,6-11H,4-5,12,16H2. The van der Waals surface area contributed by atoms with Crippen molar-refractivity contribution in [2.75, 3.05) is 11.5 Å². The van der Waals surface area contributed by atoms with Crippen molar-refractivity contribution in [2.45, 2.75) is 17.7 Å². The maximum absolute atomic E-state index is 5.65. The molecular formula is C15H17NS. The first-order valence-electron chi connectivity index (χ1n) is 5.87. The number of rotatable bonds is 5. The molecule has 17 heavy (non-hydrogen) atoms. The lowest BCUT2D eigenvalue weighted by molar-refractivity contribution is 0.933. The number of hydrogen-bond acceptors (Lipinski definition) is 2. The molecule has 0 heterocycles. The second kappa shape index (κ2) is 6.36. The second-order valence-electron chi connectivity index (χ2n) is 4.01. The van der Waals surface area contributed by atoms with Crippen LogP contribution in [0.15, 0.2) is 59.5 Å². The van der Waals surface area contributed by atoms with E-state index in [0.29, 0.717) is 0 Å². The van der Waals surface area contributed by atoms with Gasteiger partial charge in [-0.15, -0.1) is 11.8 Å². The van der Waals surface area contributed by atoms with Crippen LogP contribution in [0.5, 0.6) is 0 Å². The molecule has 0 aliphatic carbocycles. The molecule has 2 N–H and O–H groups in total. The summed E-state index contributed by atoms with van der Waals surface area (Å²) in [6, 6.07) is 18.7. The van der Waals surface area contributed by atoms with Crippen molar-refractivity contribution in [1.82, 2.24) is 0 Å². The van der Waals surface area contributed by atoms with Gasteiger partial charge in [0, 0.05) is 10.6 Å². The zero-order chi connectivity index (χ0) is 11.9.